The van der Waals surface area contributed by atoms with E-state index in [-0.39, 0.29) is 17.9 Å². The van der Waals surface area contributed by atoms with Crippen LogP contribution in [0.2, 0.25) is 0 Å². The predicted octanol–water partition coefficient (Wildman–Crippen LogP) is 3.14. The highest BCUT2D eigenvalue weighted by molar-refractivity contribution is 5.81. The van der Waals surface area contributed by atoms with E-state index in [1.54, 1.807) is 0 Å². The lowest BCUT2D eigenvalue weighted by Crippen LogP contribution is -2.28. The number of amides is 1. The number of benzene rings is 1. The Morgan fingerprint density at radius 1 is 1.41 bits per heavy atom. The molecule has 2 rings (SSSR count). The Morgan fingerprint density at radius 2 is 2.06 bits per heavy atom. The third-order valence-corrected chi connectivity index (χ3v) is 3.71. The van der Waals surface area contributed by atoms with Crippen molar-refractivity contribution in [1.29, 1.82) is 0 Å². The van der Waals surface area contributed by atoms with Gasteiger partial charge < -0.3 is 5.32 Å². The molecule has 1 aromatic rings. The first-order valence-corrected chi connectivity index (χ1v) is 6.36. The van der Waals surface area contributed by atoms with Crippen molar-refractivity contribution < 1.29 is 4.79 Å². The fourth-order valence-corrected chi connectivity index (χ4v) is 2.31. The van der Waals surface area contributed by atoms with Crippen molar-refractivity contribution in [2.75, 3.05) is 0 Å². The molecule has 1 fully saturated rings. The molecule has 0 radical (unpaired) electrons. The fourth-order valence-electron chi connectivity index (χ4n) is 2.31. The second kappa shape index (κ2) is 4.52. The number of nitrogens with one attached hydrogen (secondary N) is 1. The van der Waals surface area contributed by atoms with E-state index in [0.717, 1.165) is 6.42 Å². The van der Waals surface area contributed by atoms with E-state index in [1.165, 1.54) is 16.7 Å². The Kier molecular flexibility index (Phi) is 3.23. The molecule has 3 atom stereocenters. The zero-order valence-corrected chi connectivity index (χ0v) is 11.1. The Morgan fingerprint density at radius 3 is 2.65 bits per heavy atom. The summed E-state index contributed by atoms with van der Waals surface area (Å²) in [6.07, 6.45) is 1.05. The van der Waals surface area contributed by atoms with Crippen molar-refractivity contribution in [1.82, 2.24) is 5.32 Å². The van der Waals surface area contributed by atoms with Crippen LogP contribution in [0.3, 0.4) is 0 Å². The molecule has 0 aromatic heterocycles. The van der Waals surface area contributed by atoms with Crippen LogP contribution in [-0.4, -0.2) is 5.91 Å². The van der Waals surface area contributed by atoms with E-state index in [9.17, 15) is 4.79 Å². The van der Waals surface area contributed by atoms with Gasteiger partial charge in [0, 0.05) is 5.92 Å². The molecule has 0 aliphatic heterocycles. The quantitative estimate of drug-likeness (QED) is 0.850. The zero-order chi connectivity index (χ0) is 12.6. The van der Waals surface area contributed by atoms with Gasteiger partial charge in [-0.05, 0) is 44.2 Å². The highest BCUT2D eigenvalue weighted by atomic mass is 16.2. The van der Waals surface area contributed by atoms with Crippen molar-refractivity contribution in [3.8, 4) is 0 Å². The Hall–Kier alpha value is -1.31. The number of hydrogen-bond acceptors (Lipinski definition) is 1. The lowest BCUT2D eigenvalue weighted by molar-refractivity contribution is -0.123. The van der Waals surface area contributed by atoms with Gasteiger partial charge in [-0.3, -0.25) is 4.79 Å². The zero-order valence-electron chi connectivity index (χ0n) is 11.1. The number of rotatable bonds is 3. The van der Waals surface area contributed by atoms with Gasteiger partial charge in [0.1, 0.15) is 0 Å². The standard InChI is InChI=1S/C15H21NO/c1-9-5-6-10(2)13(7-9)12(4)16-15(17)14-8-11(14)3/h5-7,11-12,14H,8H2,1-4H3,(H,16,17)/t11-,12+,14+/m1/s1. The van der Waals surface area contributed by atoms with E-state index >= 15 is 0 Å². The van der Waals surface area contributed by atoms with Crippen LogP contribution in [0.15, 0.2) is 18.2 Å². The third-order valence-electron chi connectivity index (χ3n) is 3.71. The lowest BCUT2D eigenvalue weighted by atomic mass is 10.00. The Bertz CT molecular complexity index is 439. The molecule has 1 saturated carbocycles. The first kappa shape index (κ1) is 12.2. The topological polar surface area (TPSA) is 29.1 Å². The van der Waals surface area contributed by atoms with Gasteiger partial charge in [-0.1, -0.05) is 30.7 Å². The summed E-state index contributed by atoms with van der Waals surface area (Å²) in [6, 6.07) is 6.50. The molecule has 1 N–H and O–H groups in total. The van der Waals surface area contributed by atoms with Crippen molar-refractivity contribution in [3.05, 3.63) is 34.9 Å². The number of carbonyl (C=O) groups is 1. The van der Waals surface area contributed by atoms with Gasteiger partial charge in [-0.2, -0.15) is 0 Å². The number of hydrogen-bond donors (Lipinski definition) is 1. The Balaban J connectivity index is 2.06. The molecule has 1 aromatic carbocycles. The van der Waals surface area contributed by atoms with Crippen LogP contribution in [-0.2, 0) is 4.79 Å². The molecule has 92 valence electrons. The van der Waals surface area contributed by atoms with Crippen LogP contribution < -0.4 is 5.32 Å². The molecule has 17 heavy (non-hydrogen) atoms. The van der Waals surface area contributed by atoms with Crippen LogP contribution >= 0.6 is 0 Å². The Labute approximate surface area is 103 Å². The molecule has 0 bridgehead atoms. The van der Waals surface area contributed by atoms with Gasteiger partial charge in [-0.25, -0.2) is 0 Å². The second-order valence-electron chi connectivity index (χ2n) is 5.41. The molecule has 0 unspecified atom stereocenters. The fraction of sp³-hybridized carbons (Fsp3) is 0.533. The SMILES string of the molecule is Cc1ccc(C)c([C@H](C)NC(=O)[C@H]2C[C@H]2C)c1. The maximum atomic E-state index is 11.9. The smallest absolute Gasteiger partial charge is 0.223 e. The molecule has 2 nitrogen and oxygen atoms in total. The molecule has 1 amide bonds. The minimum atomic E-state index is 0.107. The molecule has 0 saturated heterocycles. The molecular weight excluding hydrogens is 210 g/mol. The van der Waals surface area contributed by atoms with E-state index in [2.05, 4.69) is 51.2 Å². The van der Waals surface area contributed by atoms with Crippen molar-refractivity contribution in [3.63, 3.8) is 0 Å². The summed E-state index contributed by atoms with van der Waals surface area (Å²) in [7, 11) is 0. The molecule has 1 aliphatic carbocycles. The minimum absolute atomic E-state index is 0.107. The van der Waals surface area contributed by atoms with Gasteiger partial charge in [0.05, 0.1) is 6.04 Å². The summed E-state index contributed by atoms with van der Waals surface area (Å²) in [5.74, 6) is 1.04. The molecular formula is C15H21NO. The summed E-state index contributed by atoms with van der Waals surface area (Å²) in [5.41, 5.74) is 3.71. The minimum Gasteiger partial charge on any atom is -0.349 e. The number of carbonyl (C=O) groups excluding carboxylic acids is 1. The molecule has 0 spiro atoms. The highest BCUT2D eigenvalue weighted by Crippen LogP contribution is 2.38. The lowest BCUT2D eigenvalue weighted by Gasteiger charge is -2.17. The van der Waals surface area contributed by atoms with Gasteiger partial charge in [0.2, 0.25) is 5.91 Å². The van der Waals surface area contributed by atoms with Crippen molar-refractivity contribution in [2.24, 2.45) is 11.8 Å². The van der Waals surface area contributed by atoms with Crippen molar-refractivity contribution in [2.45, 2.75) is 40.2 Å². The monoisotopic (exact) mass is 231 g/mol. The van der Waals surface area contributed by atoms with Crippen LogP contribution in [0.5, 0.6) is 0 Å². The van der Waals surface area contributed by atoms with Crippen LogP contribution in [0, 0.1) is 25.7 Å². The average Bonchev–Trinajstić information content (AvgIpc) is 2.99. The van der Waals surface area contributed by atoms with Crippen LogP contribution in [0.25, 0.3) is 0 Å². The maximum Gasteiger partial charge on any atom is 0.223 e. The first-order chi connectivity index (χ1) is 7.99. The second-order valence-corrected chi connectivity index (χ2v) is 5.41. The average molecular weight is 231 g/mol. The normalized spacial score (nSPS) is 24.2. The van der Waals surface area contributed by atoms with Gasteiger partial charge in [0.25, 0.3) is 0 Å². The third kappa shape index (κ3) is 2.68. The van der Waals surface area contributed by atoms with E-state index < -0.39 is 0 Å². The molecule has 2 heteroatoms. The van der Waals surface area contributed by atoms with Crippen LogP contribution in [0.4, 0.5) is 0 Å². The maximum absolute atomic E-state index is 11.9. The van der Waals surface area contributed by atoms with Crippen LogP contribution in [0.1, 0.15) is 43.0 Å². The highest BCUT2D eigenvalue weighted by Gasteiger charge is 2.39. The first-order valence-electron chi connectivity index (χ1n) is 6.36. The van der Waals surface area contributed by atoms with E-state index in [1.807, 2.05) is 0 Å². The largest absolute Gasteiger partial charge is 0.349 e. The van der Waals surface area contributed by atoms with E-state index in [0.29, 0.717) is 5.92 Å². The predicted molar refractivity (Wildman–Crippen MR) is 69.7 cm³/mol. The molecule has 1 aliphatic rings. The summed E-state index contributed by atoms with van der Waals surface area (Å²) >= 11 is 0. The number of aryl methyl sites for hydroxylation is 2. The summed E-state index contributed by atoms with van der Waals surface area (Å²) in [5, 5.41) is 3.12. The van der Waals surface area contributed by atoms with Gasteiger partial charge >= 0.3 is 0 Å². The van der Waals surface area contributed by atoms with E-state index in [4.69, 9.17) is 0 Å². The van der Waals surface area contributed by atoms with Gasteiger partial charge in [0.15, 0.2) is 0 Å². The molecule has 0 heterocycles. The summed E-state index contributed by atoms with van der Waals surface area (Å²) in [4.78, 5) is 11.9. The van der Waals surface area contributed by atoms with Gasteiger partial charge in [-0.15, -0.1) is 0 Å². The summed E-state index contributed by atoms with van der Waals surface area (Å²) in [6.45, 7) is 8.37. The van der Waals surface area contributed by atoms with Crippen molar-refractivity contribution >= 4 is 5.91 Å². The summed E-state index contributed by atoms with van der Waals surface area (Å²) < 4.78 is 0.